The molecule has 0 radical (unpaired) electrons. The van der Waals surface area contributed by atoms with Crippen molar-refractivity contribution in [2.24, 2.45) is 0 Å². The lowest BCUT2D eigenvalue weighted by molar-refractivity contribution is 0.0945. The number of fused-ring (bicyclic) bond motifs is 1. The fraction of sp³-hybridized carbons (Fsp3) is 0.364. The molecule has 1 aliphatic rings. The number of methoxy groups -OCH3 is 2. The Morgan fingerprint density at radius 3 is 2.56 bits per heavy atom. The van der Waals surface area contributed by atoms with Gasteiger partial charge in [-0.25, -0.2) is 0 Å². The summed E-state index contributed by atoms with van der Waals surface area (Å²) in [6, 6.07) is 3.31. The van der Waals surface area contributed by atoms with Crippen LogP contribution in [0.25, 0.3) is 0 Å². The van der Waals surface area contributed by atoms with Crippen molar-refractivity contribution < 1.29 is 19.0 Å². The van der Waals surface area contributed by atoms with Gasteiger partial charge in [-0.2, -0.15) is 0 Å². The lowest BCUT2D eigenvalue weighted by Gasteiger charge is -2.21. The highest BCUT2D eigenvalue weighted by atomic mass is 79.9. The Bertz CT molecular complexity index is 430. The van der Waals surface area contributed by atoms with E-state index in [4.69, 9.17) is 14.2 Å². The highest BCUT2D eigenvalue weighted by Crippen LogP contribution is 2.37. The minimum absolute atomic E-state index is 0.00204. The molecular weight excluding hydrogens is 276 g/mol. The van der Waals surface area contributed by atoms with E-state index in [2.05, 4.69) is 15.9 Å². The van der Waals surface area contributed by atoms with Crippen LogP contribution in [0.4, 0.5) is 0 Å². The third-order valence-electron chi connectivity index (χ3n) is 2.42. The first kappa shape index (κ1) is 11.3. The molecule has 1 aliphatic heterocycles. The van der Waals surface area contributed by atoms with Crippen LogP contribution in [0.15, 0.2) is 12.1 Å². The Kier molecular flexibility index (Phi) is 3.05. The number of Topliss-reactive ketones (excluding diaryl/α,β-unsaturated/α-hetero) is 1. The van der Waals surface area contributed by atoms with Crippen LogP contribution in [0.2, 0.25) is 0 Å². The molecule has 1 atom stereocenters. The molecule has 0 bridgehead atoms. The summed E-state index contributed by atoms with van der Waals surface area (Å²) in [5.41, 5.74) is 0.519. The molecule has 2 rings (SSSR count). The molecule has 1 aromatic rings. The van der Waals surface area contributed by atoms with E-state index in [9.17, 15) is 4.79 Å². The number of rotatable bonds is 2. The van der Waals surface area contributed by atoms with Gasteiger partial charge < -0.3 is 14.2 Å². The van der Waals surface area contributed by atoms with Gasteiger partial charge in [-0.1, -0.05) is 15.9 Å². The monoisotopic (exact) mass is 286 g/mol. The predicted molar refractivity (Wildman–Crippen MR) is 62.1 cm³/mol. The Labute approximate surface area is 102 Å². The highest BCUT2D eigenvalue weighted by Gasteiger charge is 2.28. The van der Waals surface area contributed by atoms with Crippen molar-refractivity contribution in [2.45, 2.75) is 4.83 Å². The Morgan fingerprint density at radius 2 is 1.94 bits per heavy atom. The molecule has 0 aliphatic carbocycles. The maximum Gasteiger partial charge on any atom is 0.183 e. The molecular formula is C11H11BrO4. The second kappa shape index (κ2) is 4.33. The standard InChI is InChI=1S/C11H11BrO4/c1-14-9-3-6-8(4-10(9)15-2)16-5-7(12)11(6)13/h3-4,7H,5H2,1-2H3. The minimum atomic E-state index is -0.293. The molecule has 0 spiro atoms. The number of hydrogen-bond donors (Lipinski definition) is 0. The van der Waals surface area contributed by atoms with Crippen molar-refractivity contribution in [1.82, 2.24) is 0 Å². The summed E-state index contributed by atoms with van der Waals surface area (Å²) in [5.74, 6) is 1.63. The maximum absolute atomic E-state index is 11.9. The molecule has 1 aromatic carbocycles. The van der Waals surface area contributed by atoms with Gasteiger partial charge in [-0.3, -0.25) is 4.79 Å². The average Bonchev–Trinajstić information content (AvgIpc) is 2.32. The second-order valence-electron chi connectivity index (χ2n) is 3.35. The average molecular weight is 287 g/mol. The molecule has 0 saturated heterocycles. The molecule has 0 saturated carbocycles. The summed E-state index contributed by atoms with van der Waals surface area (Å²) >= 11 is 3.26. The van der Waals surface area contributed by atoms with E-state index in [-0.39, 0.29) is 10.6 Å². The van der Waals surface area contributed by atoms with E-state index >= 15 is 0 Å². The van der Waals surface area contributed by atoms with Crippen LogP contribution in [0.1, 0.15) is 10.4 Å². The fourth-order valence-electron chi connectivity index (χ4n) is 1.58. The smallest absolute Gasteiger partial charge is 0.183 e. The zero-order valence-electron chi connectivity index (χ0n) is 8.95. The molecule has 1 unspecified atom stereocenters. The van der Waals surface area contributed by atoms with Crippen LogP contribution in [0.5, 0.6) is 17.2 Å². The van der Waals surface area contributed by atoms with E-state index < -0.39 is 0 Å². The molecule has 0 N–H and O–H groups in total. The van der Waals surface area contributed by atoms with E-state index in [1.165, 1.54) is 7.11 Å². The largest absolute Gasteiger partial charge is 0.493 e. The summed E-state index contributed by atoms with van der Waals surface area (Å²) in [5, 5.41) is 0. The van der Waals surface area contributed by atoms with Gasteiger partial charge in [0.1, 0.15) is 17.2 Å². The van der Waals surface area contributed by atoms with Crippen LogP contribution in [0, 0.1) is 0 Å². The number of ether oxygens (including phenoxy) is 3. The number of ketones is 1. The van der Waals surface area contributed by atoms with Gasteiger partial charge in [0.2, 0.25) is 0 Å². The van der Waals surface area contributed by atoms with Crippen molar-refractivity contribution in [1.29, 1.82) is 0 Å². The predicted octanol–water partition coefficient (Wildman–Crippen LogP) is 2.04. The quantitative estimate of drug-likeness (QED) is 0.781. The summed E-state index contributed by atoms with van der Waals surface area (Å²) in [4.78, 5) is 11.6. The third-order valence-corrected chi connectivity index (χ3v) is 3.10. The van der Waals surface area contributed by atoms with E-state index in [1.54, 1.807) is 19.2 Å². The maximum atomic E-state index is 11.9. The topological polar surface area (TPSA) is 44.8 Å². The van der Waals surface area contributed by atoms with Crippen LogP contribution >= 0.6 is 15.9 Å². The lowest BCUT2D eigenvalue weighted by atomic mass is 10.0. The Balaban J connectivity index is 2.52. The van der Waals surface area contributed by atoms with Crippen LogP contribution < -0.4 is 14.2 Å². The van der Waals surface area contributed by atoms with E-state index in [0.29, 0.717) is 29.4 Å². The molecule has 5 heteroatoms. The van der Waals surface area contributed by atoms with Crippen LogP contribution in [-0.4, -0.2) is 31.4 Å². The molecule has 4 nitrogen and oxygen atoms in total. The third kappa shape index (κ3) is 1.75. The normalized spacial score (nSPS) is 18.7. The first-order valence-corrected chi connectivity index (χ1v) is 5.66. The SMILES string of the molecule is COc1cc2c(cc1OC)C(=O)C(Br)CO2. The van der Waals surface area contributed by atoms with Crippen molar-refractivity contribution in [3.8, 4) is 17.2 Å². The molecule has 16 heavy (non-hydrogen) atoms. The van der Waals surface area contributed by atoms with Crippen LogP contribution in [-0.2, 0) is 0 Å². The second-order valence-corrected chi connectivity index (χ2v) is 4.45. The van der Waals surface area contributed by atoms with Gasteiger partial charge in [-0.15, -0.1) is 0 Å². The van der Waals surface area contributed by atoms with Crippen molar-refractivity contribution in [2.75, 3.05) is 20.8 Å². The van der Waals surface area contributed by atoms with E-state index in [0.717, 1.165) is 0 Å². The van der Waals surface area contributed by atoms with Gasteiger partial charge in [0.05, 0.1) is 19.8 Å². The Morgan fingerprint density at radius 1 is 1.31 bits per heavy atom. The fourth-order valence-corrected chi connectivity index (χ4v) is 1.96. The number of hydrogen-bond acceptors (Lipinski definition) is 4. The van der Waals surface area contributed by atoms with E-state index in [1.807, 2.05) is 0 Å². The number of benzene rings is 1. The number of carbonyl (C=O) groups is 1. The van der Waals surface area contributed by atoms with Crippen molar-refractivity contribution in [3.63, 3.8) is 0 Å². The molecule has 0 aromatic heterocycles. The molecule has 86 valence electrons. The summed E-state index contributed by atoms with van der Waals surface area (Å²) in [6.07, 6.45) is 0. The van der Waals surface area contributed by atoms with Gasteiger partial charge in [0, 0.05) is 6.07 Å². The number of carbonyl (C=O) groups excluding carboxylic acids is 1. The van der Waals surface area contributed by atoms with Gasteiger partial charge in [0.25, 0.3) is 0 Å². The number of alkyl halides is 1. The Hall–Kier alpha value is -1.23. The number of halogens is 1. The highest BCUT2D eigenvalue weighted by molar-refractivity contribution is 9.10. The summed E-state index contributed by atoms with van der Waals surface area (Å²) in [7, 11) is 3.08. The zero-order chi connectivity index (χ0) is 11.7. The van der Waals surface area contributed by atoms with Gasteiger partial charge in [-0.05, 0) is 6.07 Å². The molecule has 0 amide bonds. The van der Waals surface area contributed by atoms with Crippen LogP contribution in [0.3, 0.4) is 0 Å². The zero-order valence-corrected chi connectivity index (χ0v) is 10.5. The molecule has 1 heterocycles. The van der Waals surface area contributed by atoms with Crippen molar-refractivity contribution in [3.05, 3.63) is 17.7 Å². The summed E-state index contributed by atoms with van der Waals surface area (Å²) in [6.45, 7) is 0.335. The van der Waals surface area contributed by atoms with Crippen molar-refractivity contribution >= 4 is 21.7 Å². The van der Waals surface area contributed by atoms with Gasteiger partial charge in [0.15, 0.2) is 17.3 Å². The first-order chi connectivity index (χ1) is 7.67. The first-order valence-electron chi connectivity index (χ1n) is 4.74. The lowest BCUT2D eigenvalue weighted by Crippen LogP contribution is -2.27. The van der Waals surface area contributed by atoms with Gasteiger partial charge >= 0.3 is 0 Å². The summed E-state index contributed by atoms with van der Waals surface area (Å²) < 4.78 is 15.7. The minimum Gasteiger partial charge on any atom is -0.493 e. The molecule has 0 fully saturated rings.